The van der Waals surface area contributed by atoms with Crippen molar-refractivity contribution in [3.63, 3.8) is 0 Å². The molecule has 1 N–H and O–H groups in total. The highest BCUT2D eigenvalue weighted by Crippen LogP contribution is 2.14. The van der Waals surface area contributed by atoms with Gasteiger partial charge in [0.25, 0.3) is 5.91 Å². The molecule has 1 aromatic carbocycles. The van der Waals surface area contributed by atoms with E-state index in [-0.39, 0.29) is 12.3 Å². The third-order valence-electron chi connectivity index (χ3n) is 3.31. The first kappa shape index (κ1) is 17.4. The van der Waals surface area contributed by atoms with E-state index < -0.39 is 17.4 Å². The Bertz CT molecular complexity index is 704. The van der Waals surface area contributed by atoms with Crippen LogP contribution in [0.5, 0.6) is 5.75 Å². The summed E-state index contributed by atoms with van der Waals surface area (Å²) in [5.74, 6) is -0.573. The molecule has 0 aliphatic carbocycles. The molecule has 2 aromatic rings. The number of para-hydroxylation sites is 1. The van der Waals surface area contributed by atoms with Crippen molar-refractivity contribution < 1.29 is 19.1 Å². The van der Waals surface area contributed by atoms with Crippen molar-refractivity contribution in [3.8, 4) is 5.75 Å². The van der Waals surface area contributed by atoms with Crippen LogP contribution >= 0.6 is 0 Å². The van der Waals surface area contributed by atoms with E-state index in [9.17, 15) is 9.59 Å². The Morgan fingerprint density at radius 2 is 1.88 bits per heavy atom. The third kappa shape index (κ3) is 4.28. The molecule has 0 fully saturated rings. The maximum atomic E-state index is 12.3. The molecule has 0 aliphatic rings. The van der Waals surface area contributed by atoms with Crippen LogP contribution in [-0.4, -0.2) is 41.1 Å². The summed E-state index contributed by atoms with van der Waals surface area (Å²) < 4.78 is 10.4. The molecule has 1 amide bonds. The number of methoxy groups -OCH3 is 1. The van der Waals surface area contributed by atoms with E-state index >= 15 is 0 Å². The maximum Gasteiger partial charge on any atom is 0.334 e. The van der Waals surface area contributed by atoms with Crippen molar-refractivity contribution in [2.75, 3.05) is 13.7 Å². The lowest BCUT2D eigenvalue weighted by atomic mass is 10.0. The van der Waals surface area contributed by atoms with Crippen LogP contribution < -0.4 is 10.1 Å². The van der Waals surface area contributed by atoms with Gasteiger partial charge in [-0.15, -0.1) is 0 Å². The number of carbonyl (C=O) groups is 2. The zero-order valence-corrected chi connectivity index (χ0v) is 13.8. The van der Waals surface area contributed by atoms with E-state index in [4.69, 9.17) is 9.47 Å². The summed E-state index contributed by atoms with van der Waals surface area (Å²) >= 11 is 0. The minimum Gasteiger partial charge on any atom is -0.491 e. The van der Waals surface area contributed by atoms with Crippen LogP contribution in [-0.2, 0) is 9.53 Å². The Morgan fingerprint density at radius 3 is 2.46 bits per heavy atom. The molecule has 0 aliphatic heterocycles. The third-order valence-corrected chi connectivity index (χ3v) is 3.31. The molecule has 0 spiro atoms. The van der Waals surface area contributed by atoms with Crippen molar-refractivity contribution in [3.05, 3.63) is 54.1 Å². The number of aryl methyl sites for hydroxylation is 1. The molecule has 2 rings (SSSR count). The molecule has 1 aromatic heterocycles. The van der Waals surface area contributed by atoms with Crippen molar-refractivity contribution in [1.82, 2.24) is 15.3 Å². The van der Waals surface area contributed by atoms with Gasteiger partial charge in [0.15, 0.2) is 5.54 Å². The Kier molecular flexibility index (Phi) is 5.47. The number of nitrogens with one attached hydrogen (secondary N) is 1. The van der Waals surface area contributed by atoms with E-state index in [2.05, 4.69) is 15.3 Å². The standard InChI is InChI=1S/C17H19N3O4/c1-12-9-19-14(10-18-12)15(21)20-17(2,16(22)23-3)11-24-13-7-5-4-6-8-13/h4-10H,11H2,1-3H3,(H,20,21). The number of amides is 1. The Morgan fingerprint density at radius 1 is 1.17 bits per heavy atom. The van der Waals surface area contributed by atoms with Gasteiger partial charge in [-0.1, -0.05) is 18.2 Å². The number of ether oxygens (including phenoxy) is 2. The predicted molar refractivity (Wildman–Crippen MR) is 86.6 cm³/mol. The second kappa shape index (κ2) is 7.54. The van der Waals surface area contributed by atoms with Gasteiger partial charge in [-0.25, -0.2) is 9.78 Å². The molecule has 0 radical (unpaired) electrons. The van der Waals surface area contributed by atoms with Gasteiger partial charge in [-0.3, -0.25) is 9.78 Å². The number of aromatic nitrogens is 2. The first-order valence-corrected chi connectivity index (χ1v) is 7.32. The van der Waals surface area contributed by atoms with E-state index in [0.717, 1.165) is 0 Å². The molecule has 1 heterocycles. The first-order chi connectivity index (χ1) is 11.4. The second-order valence-corrected chi connectivity index (χ2v) is 5.42. The van der Waals surface area contributed by atoms with Crippen LogP contribution in [0.1, 0.15) is 23.1 Å². The van der Waals surface area contributed by atoms with Gasteiger partial charge in [-0.2, -0.15) is 0 Å². The topological polar surface area (TPSA) is 90.4 Å². The van der Waals surface area contributed by atoms with Gasteiger partial charge in [-0.05, 0) is 26.0 Å². The number of hydrogen-bond donors (Lipinski definition) is 1. The number of rotatable bonds is 6. The van der Waals surface area contributed by atoms with Gasteiger partial charge in [0.1, 0.15) is 18.1 Å². The van der Waals surface area contributed by atoms with E-state index in [1.165, 1.54) is 26.4 Å². The Balaban J connectivity index is 2.13. The highest BCUT2D eigenvalue weighted by atomic mass is 16.5. The van der Waals surface area contributed by atoms with E-state index in [1.54, 1.807) is 19.1 Å². The van der Waals surface area contributed by atoms with Crippen LogP contribution in [0, 0.1) is 6.92 Å². The summed E-state index contributed by atoms with van der Waals surface area (Å²) in [6.45, 7) is 3.21. The summed E-state index contributed by atoms with van der Waals surface area (Å²) in [6.07, 6.45) is 2.82. The largest absolute Gasteiger partial charge is 0.491 e. The zero-order chi connectivity index (χ0) is 17.6. The molecule has 0 saturated carbocycles. The average molecular weight is 329 g/mol. The summed E-state index contributed by atoms with van der Waals surface area (Å²) in [5, 5.41) is 2.61. The Hall–Kier alpha value is -2.96. The molecule has 7 heteroatoms. The van der Waals surface area contributed by atoms with Gasteiger partial charge >= 0.3 is 5.97 Å². The SMILES string of the molecule is COC(=O)C(C)(COc1ccccc1)NC(=O)c1cnc(C)cn1. The van der Waals surface area contributed by atoms with Gasteiger partial charge in [0.2, 0.25) is 0 Å². The fraction of sp³-hybridized carbons (Fsp3) is 0.294. The lowest BCUT2D eigenvalue weighted by molar-refractivity contribution is -0.148. The van der Waals surface area contributed by atoms with Crippen LogP contribution in [0.3, 0.4) is 0 Å². The summed E-state index contributed by atoms with van der Waals surface area (Å²) in [6, 6.07) is 8.98. The van der Waals surface area contributed by atoms with Gasteiger partial charge in [0, 0.05) is 6.20 Å². The predicted octanol–water partition coefficient (Wildman–Crippen LogP) is 1.53. The molecule has 7 nitrogen and oxygen atoms in total. The van der Waals surface area contributed by atoms with Gasteiger partial charge in [0.05, 0.1) is 19.0 Å². The van der Waals surface area contributed by atoms with E-state index in [0.29, 0.717) is 11.4 Å². The lowest BCUT2D eigenvalue weighted by Crippen LogP contribution is -2.56. The zero-order valence-electron chi connectivity index (χ0n) is 13.8. The first-order valence-electron chi connectivity index (χ1n) is 7.32. The van der Waals surface area contributed by atoms with Crippen LogP contribution in [0.2, 0.25) is 0 Å². The molecule has 126 valence electrons. The summed E-state index contributed by atoms with van der Waals surface area (Å²) in [7, 11) is 1.25. The fourth-order valence-corrected chi connectivity index (χ4v) is 1.94. The maximum absolute atomic E-state index is 12.3. The van der Waals surface area contributed by atoms with Crippen LogP contribution in [0.15, 0.2) is 42.7 Å². The quantitative estimate of drug-likeness (QED) is 0.808. The number of carbonyl (C=O) groups excluding carboxylic acids is 2. The smallest absolute Gasteiger partial charge is 0.334 e. The van der Waals surface area contributed by atoms with Crippen LogP contribution in [0.4, 0.5) is 0 Å². The highest BCUT2D eigenvalue weighted by molar-refractivity contribution is 5.96. The van der Waals surface area contributed by atoms with Crippen molar-refractivity contribution >= 4 is 11.9 Å². The molecule has 1 atom stereocenters. The molecular formula is C17H19N3O4. The second-order valence-electron chi connectivity index (χ2n) is 5.42. The van der Waals surface area contributed by atoms with Crippen molar-refractivity contribution in [1.29, 1.82) is 0 Å². The molecule has 1 unspecified atom stereocenters. The van der Waals surface area contributed by atoms with E-state index in [1.807, 2.05) is 18.2 Å². The monoisotopic (exact) mass is 329 g/mol. The molecule has 0 bridgehead atoms. The Labute approximate surface area is 140 Å². The van der Waals surface area contributed by atoms with Crippen molar-refractivity contribution in [2.45, 2.75) is 19.4 Å². The average Bonchev–Trinajstić information content (AvgIpc) is 2.60. The summed E-state index contributed by atoms with van der Waals surface area (Å²) in [4.78, 5) is 32.5. The molecule has 0 saturated heterocycles. The minimum absolute atomic E-state index is 0.0886. The van der Waals surface area contributed by atoms with Gasteiger partial charge < -0.3 is 14.8 Å². The fourth-order valence-electron chi connectivity index (χ4n) is 1.94. The highest BCUT2D eigenvalue weighted by Gasteiger charge is 2.38. The number of benzene rings is 1. The normalized spacial score (nSPS) is 12.8. The number of esters is 1. The molecule has 24 heavy (non-hydrogen) atoms. The molecular weight excluding hydrogens is 310 g/mol. The minimum atomic E-state index is -1.37. The number of nitrogens with zero attached hydrogens (tertiary/aromatic N) is 2. The van der Waals surface area contributed by atoms with Crippen molar-refractivity contribution in [2.24, 2.45) is 0 Å². The lowest BCUT2D eigenvalue weighted by Gasteiger charge is -2.27. The summed E-state index contributed by atoms with van der Waals surface area (Å²) in [5.41, 5.74) is -0.570. The van der Waals surface area contributed by atoms with Crippen LogP contribution in [0.25, 0.3) is 0 Å². The number of hydrogen-bond acceptors (Lipinski definition) is 6.